The molecule has 0 atom stereocenters. The molecular formula is C37H28IrN4O-2. The molecule has 8 aromatic rings. The number of benzene rings is 4. The van der Waals surface area contributed by atoms with Crippen LogP contribution in [0, 0.1) is 12.1 Å². The van der Waals surface area contributed by atoms with Crippen LogP contribution in [0.25, 0.3) is 66.3 Å². The number of pyridine rings is 2. The molecule has 6 heteroatoms. The van der Waals surface area contributed by atoms with E-state index in [2.05, 4.69) is 77.8 Å². The van der Waals surface area contributed by atoms with E-state index in [-0.39, 0.29) is 25.6 Å². The third-order valence-corrected chi connectivity index (χ3v) is 7.39. The summed E-state index contributed by atoms with van der Waals surface area (Å²) in [5.41, 5.74) is 7.45. The zero-order valence-electron chi connectivity index (χ0n) is 24.0. The van der Waals surface area contributed by atoms with Crippen molar-refractivity contribution in [2.45, 2.75) is 26.3 Å². The number of rotatable bonds is 2. The summed E-state index contributed by atoms with van der Waals surface area (Å²) in [7, 11) is 0. The van der Waals surface area contributed by atoms with Crippen LogP contribution >= 0.6 is 0 Å². The fraction of sp³-hybridized carbons (Fsp3) is 0.108. The van der Waals surface area contributed by atoms with Crippen molar-refractivity contribution in [3.05, 3.63) is 128 Å². The van der Waals surface area contributed by atoms with E-state index in [0.29, 0.717) is 0 Å². The normalized spacial score (nSPS) is 11.4. The van der Waals surface area contributed by atoms with Gasteiger partial charge < -0.3 is 19.0 Å². The Hall–Kier alpha value is -4.64. The molecule has 4 heterocycles. The van der Waals surface area contributed by atoms with Gasteiger partial charge in [0.2, 0.25) is 0 Å². The number of imidazole rings is 1. The van der Waals surface area contributed by atoms with E-state index in [1.165, 1.54) is 0 Å². The second kappa shape index (κ2) is 11.6. The smallest absolute Gasteiger partial charge is 0.131 e. The summed E-state index contributed by atoms with van der Waals surface area (Å²) in [6.45, 7) is 6.57. The van der Waals surface area contributed by atoms with Crippen LogP contribution in [0.2, 0.25) is 0 Å². The molecule has 0 aliphatic rings. The number of nitrogens with zero attached hydrogens (tertiary/aromatic N) is 4. The van der Waals surface area contributed by atoms with E-state index in [0.717, 1.165) is 66.3 Å². The fourth-order valence-corrected chi connectivity index (χ4v) is 5.39. The predicted molar refractivity (Wildman–Crippen MR) is 170 cm³/mol. The van der Waals surface area contributed by atoms with E-state index in [9.17, 15) is 0 Å². The molecule has 0 saturated carbocycles. The van der Waals surface area contributed by atoms with Crippen molar-refractivity contribution in [2.24, 2.45) is 0 Å². The molecule has 0 aliphatic carbocycles. The van der Waals surface area contributed by atoms with E-state index < -0.39 is 0 Å². The van der Waals surface area contributed by atoms with Crippen LogP contribution in [-0.4, -0.2) is 19.5 Å². The second-order valence-corrected chi connectivity index (χ2v) is 11.2. The summed E-state index contributed by atoms with van der Waals surface area (Å²) in [4.78, 5) is 13.5. The van der Waals surface area contributed by atoms with Crippen molar-refractivity contribution >= 4 is 43.7 Å². The van der Waals surface area contributed by atoms with Crippen molar-refractivity contribution in [1.82, 2.24) is 19.5 Å². The molecule has 0 saturated heterocycles. The molecule has 43 heavy (non-hydrogen) atoms. The van der Waals surface area contributed by atoms with E-state index in [4.69, 9.17) is 9.40 Å². The van der Waals surface area contributed by atoms with Crippen molar-refractivity contribution in [3.8, 4) is 22.5 Å². The van der Waals surface area contributed by atoms with E-state index >= 15 is 0 Å². The molecule has 5 nitrogen and oxygen atoms in total. The molecule has 213 valence electrons. The van der Waals surface area contributed by atoms with Crippen LogP contribution in [0.3, 0.4) is 0 Å². The van der Waals surface area contributed by atoms with Crippen LogP contribution in [0.4, 0.5) is 0 Å². The Balaban J connectivity index is 0.000000213. The molecule has 0 bridgehead atoms. The zero-order chi connectivity index (χ0) is 28.7. The molecule has 8 rings (SSSR count). The largest absolute Gasteiger partial charge is 0.500 e. The first-order chi connectivity index (χ1) is 20.5. The first kappa shape index (κ1) is 28.5. The maximum atomic E-state index is 6.53. The molecule has 1 radical (unpaired) electrons. The Morgan fingerprint density at radius 2 is 1.40 bits per heavy atom. The van der Waals surface area contributed by atoms with Gasteiger partial charge in [-0.1, -0.05) is 53.4 Å². The summed E-state index contributed by atoms with van der Waals surface area (Å²) in [6, 6.07) is 38.6. The second-order valence-electron chi connectivity index (χ2n) is 11.2. The maximum absolute atomic E-state index is 6.53. The van der Waals surface area contributed by atoms with E-state index in [1.807, 2.05) is 73.1 Å². The minimum Gasteiger partial charge on any atom is -0.500 e. The minimum atomic E-state index is -0.0503. The van der Waals surface area contributed by atoms with Gasteiger partial charge in [-0.3, -0.25) is 0 Å². The van der Waals surface area contributed by atoms with Gasteiger partial charge in [-0.2, -0.15) is 0 Å². The van der Waals surface area contributed by atoms with Crippen molar-refractivity contribution < 1.29 is 24.5 Å². The van der Waals surface area contributed by atoms with Crippen LogP contribution in [0.5, 0.6) is 0 Å². The number of hydrogen-bond acceptors (Lipinski definition) is 4. The van der Waals surface area contributed by atoms with Gasteiger partial charge >= 0.3 is 0 Å². The average Bonchev–Trinajstić information content (AvgIpc) is 3.65. The molecule has 0 aliphatic heterocycles. The third-order valence-electron chi connectivity index (χ3n) is 7.39. The Morgan fingerprint density at radius 3 is 2.09 bits per heavy atom. The van der Waals surface area contributed by atoms with Gasteiger partial charge in [-0.05, 0) is 55.7 Å². The van der Waals surface area contributed by atoms with Crippen LogP contribution in [0.1, 0.15) is 20.8 Å². The first-order valence-corrected chi connectivity index (χ1v) is 13.9. The third kappa shape index (κ3) is 5.25. The Kier molecular flexibility index (Phi) is 7.66. The van der Waals surface area contributed by atoms with Gasteiger partial charge in [-0.15, -0.1) is 54.1 Å². The molecule has 0 spiro atoms. The Labute approximate surface area is 263 Å². The molecule has 4 aromatic carbocycles. The average molecular weight is 737 g/mol. The van der Waals surface area contributed by atoms with Crippen molar-refractivity contribution in [1.29, 1.82) is 0 Å². The van der Waals surface area contributed by atoms with Gasteiger partial charge in [0.1, 0.15) is 11.1 Å². The molecule has 0 amide bonds. The zero-order valence-corrected chi connectivity index (χ0v) is 26.4. The quantitative estimate of drug-likeness (QED) is 0.166. The number of hydrogen-bond donors (Lipinski definition) is 0. The maximum Gasteiger partial charge on any atom is 0.131 e. The monoisotopic (exact) mass is 737 g/mol. The van der Waals surface area contributed by atoms with E-state index in [1.54, 1.807) is 12.4 Å². The van der Waals surface area contributed by atoms with Gasteiger partial charge in [-0.25, -0.2) is 4.98 Å². The standard InChI is InChI=1S/C26H20N3O.C11H8N.Ir/c1-26(2,3)29-15-28-23-21(29)13-11-16-10-12-18-17-7-6-8-19(20-9-4-5-14-27-20)24(17)30-25(18)22(16)23;1-2-6-10(7-3-1)11-8-4-5-9-12-11;/h4-7,9-15H,1-3H3;1-6,8-9H;/q2*-1;. The van der Waals surface area contributed by atoms with Crippen molar-refractivity contribution in [2.75, 3.05) is 0 Å². The number of furan rings is 1. The SMILES string of the molecule is CC(C)(C)n1cnc2c3c(ccc4c5cc[c-]c(-c6ccccn6)c5oc43)ccc21.[Ir].[c-]1ccccc1-c1ccccn1. The predicted octanol–water partition coefficient (Wildman–Crippen LogP) is 9.25. The summed E-state index contributed by atoms with van der Waals surface area (Å²) in [6.07, 6.45) is 5.51. The Morgan fingerprint density at radius 1 is 0.674 bits per heavy atom. The summed E-state index contributed by atoms with van der Waals surface area (Å²) < 4.78 is 8.75. The summed E-state index contributed by atoms with van der Waals surface area (Å²) >= 11 is 0. The molecule has 4 aromatic heterocycles. The summed E-state index contributed by atoms with van der Waals surface area (Å²) in [5.74, 6) is 0. The number of fused-ring (bicyclic) bond motifs is 7. The van der Waals surface area contributed by atoms with Crippen molar-refractivity contribution in [3.63, 3.8) is 0 Å². The van der Waals surface area contributed by atoms with Crippen LogP contribution < -0.4 is 0 Å². The van der Waals surface area contributed by atoms with Gasteiger partial charge in [0.05, 0.1) is 22.8 Å². The van der Waals surface area contributed by atoms with Gasteiger partial charge in [0.25, 0.3) is 0 Å². The number of aromatic nitrogens is 4. The topological polar surface area (TPSA) is 56.7 Å². The minimum absolute atomic E-state index is 0. The van der Waals surface area contributed by atoms with Crippen LogP contribution in [0.15, 0.2) is 120 Å². The fourth-order valence-electron chi connectivity index (χ4n) is 5.39. The molecular weight excluding hydrogens is 709 g/mol. The molecule has 0 fully saturated rings. The van der Waals surface area contributed by atoms with Gasteiger partial charge in [0.15, 0.2) is 0 Å². The summed E-state index contributed by atoms with van der Waals surface area (Å²) in [5, 5.41) is 4.33. The van der Waals surface area contributed by atoms with Crippen LogP contribution in [-0.2, 0) is 25.6 Å². The molecule has 0 N–H and O–H groups in total. The van der Waals surface area contributed by atoms with Gasteiger partial charge in [0, 0.05) is 43.4 Å². The first-order valence-electron chi connectivity index (χ1n) is 13.9. The Bertz CT molecular complexity index is 2130. The molecule has 0 unspecified atom stereocenters.